The van der Waals surface area contributed by atoms with Crippen molar-refractivity contribution in [2.75, 3.05) is 0 Å². The SMILES string of the molecule is CC(=O)C(C)=O.[Pd].c1ccc(P(c2ccccc2)c2ccccc2)cc1. The molecule has 0 aliphatic heterocycles. The standard InChI is InChI=1S/C18H15P.C4H6O2.Pd/c1-4-10-16(11-5-1)19(17-12-6-2-7-13-17)18-14-8-3-9-15-18;1-3(5)4(2)6;/h1-15H;1-2H3;. The number of rotatable bonds is 4. The van der Waals surface area contributed by atoms with Crippen molar-refractivity contribution in [2.45, 2.75) is 13.8 Å². The van der Waals surface area contributed by atoms with Crippen LogP contribution in [0.25, 0.3) is 0 Å². The summed E-state index contributed by atoms with van der Waals surface area (Å²) in [7, 11) is -0.446. The number of carbonyl (C=O) groups is 2. The summed E-state index contributed by atoms with van der Waals surface area (Å²) in [5.74, 6) is -0.759. The fraction of sp³-hybridized carbons (Fsp3) is 0.0909. The Morgan fingerprint density at radius 1 is 0.538 bits per heavy atom. The molecular weight excluding hydrogens is 434 g/mol. The number of hydrogen-bond donors (Lipinski definition) is 0. The van der Waals surface area contributed by atoms with E-state index in [4.69, 9.17) is 0 Å². The number of Topliss-reactive ketones (excluding diaryl/α,β-unsaturated/α-hetero) is 2. The third kappa shape index (κ3) is 6.77. The first-order valence-electron chi connectivity index (χ1n) is 8.06. The van der Waals surface area contributed by atoms with Crippen LogP contribution >= 0.6 is 7.92 Å². The van der Waals surface area contributed by atoms with E-state index in [2.05, 4.69) is 91.0 Å². The van der Waals surface area contributed by atoms with Gasteiger partial charge in [0, 0.05) is 34.3 Å². The van der Waals surface area contributed by atoms with Gasteiger partial charge in [-0.15, -0.1) is 0 Å². The molecule has 0 unspecified atom stereocenters. The van der Waals surface area contributed by atoms with Crippen LogP contribution in [-0.4, -0.2) is 11.6 Å². The molecule has 0 aliphatic carbocycles. The zero-order valence-electron chi connectivity index (χ0n) is 14.7. The second kappa shape index (κ2) is 11.7. The van der Waals surface area contributed by atoms with Gasteiger partial charge in [-0.05, 0) is 23.8 Å². The van der Waals surface area contributed by atoms with Crippen molar-refractivity contribution in [2.24, 2.45) is 0 Å². The Balaban J connectivity index is 0.000000422. The Hall–Kier alpha value is -1.91. The van der Waals surface area contributed by atoms with Gasteiger partial charge in [-0.1, -0.05) is 91.0 Å². The maximum Gasteiger partial charge on any atom is 0.195 e. The third-order valence-corrected chi connectivity index (χ3v) is 5.98. The normalized spacial score (nSPS) is 9.50. The summed E-state index contributed by atoms with van der Waals surface area (Å²) in [5, 5.41) is 4.19. The summed E-state index contributed by atoms with van der Waals surface area (Å²) in [6, 6.07) is 32.3. The molecule has 3 rings (SSSR count). The van der Waals surface area contributed by atoms with Crippen LogP contribution in [0.15, 0.2) is 91.0 Å². The molecule has 0 fully saturated rings. The molecule has 0 bridgehead atoms. The summed E-state index contributed by atoms with van der Waals surface area (Å²) in [4.78, 5) is 19.6. The monoisotopic (exact) mass is 454 g/mol. The van der Waals surface area contributed by atoms with Gasteiger partial charge in [-0.25, -0.2) is 0 Å². The molecule has 0 saturated heterocycles. The average molecular weight is 455 g/mol. The second-order valence-corrected chi connectivity index (χ2v) is 7.67. The minimum absolute atomic E-state index is 0. The summed E-state index contributed by atoms with van der Waals surface area (Å²) in [6.45, 7) is 2.50. The molecule has 0 heterocycles. The van der Waals surface area contributed by atoms with Crippen LogP contribution in [0.5, 0.6) is 0 Å². The van der Waals surface area contributed by atoms with Crippen molar-refractivity contribution in [1.29, 1.82) is 0 Å². The van der Waals surface area contributed by atoms with Crippen molar-refractivity contribution in [3.8, 4) is 0 Å². The minimum atomic E-state index is -0.446. The molecular formula is C22H21O2PPd. The van der Waals surface area contributed by atoms with E-state index >= 15 is 0 Å². The number of benzene rings is 3. The fourth-order valence-electron chi connectivity index (χ4n) is 2.18. The Morgan fingerprint density at radius 3 is 0.962 bits per heavy atom. The summed E-state index contributed by atoms with van der Waals surface area (Å²) < 4.78 is 0. The molecule has 0 aliphatic rings. The van der Waals surface area contributed by atoms with Crippen LogP contribution in [0.3, 0.4) is 0 Å². The van der Waals surface area contributed by atoms with E-state index in [1.54, 1.807) is 0 Å². The van der Waals surface area contributed by atoms with E-state index in [0.29, 0.717) is 0 Å². The van der Waals surface area contributed by atoms with Crippen LogP contribution < -0.4 is 15.9 Å². The molecule has 4 heteroatoms. The van der Waals surface area contributed by atoms with Crippen LogP contribution in [-0.2, 0) is 30.0 Å². The third-order valence-electron chi connectivity index (χ3n) is 3.54. The van der Waals surface area contributed by atoms with E-state index in [0.717, 1.165) is 0 Å². The van der Waals surface area contributed by atoms with Gasteiger partial charge in [0.05, 0.1) is 0 Å². The summed E-state index contributed by atoms with van der Waals surface area (Å²) in [5.41, 5.74) is 0. The Labute approximate surface area is 170 Å². The van der Waals surface area contributed by atoms with E-state index in [1.807, 2.05) is 0 Å². The van der Waals surface area contributed by atoms with Gasteiger partial charge in [-0.2, -0.15) is 0 Å². The smallest absolute Gasteiger partial charge is 0.195 e. The zero-order chi connectivity index (χ0) is 18.1. The van der Waals surface area contributed by atoms with E-state index < -0.39 is 7.92 Å². The van der Waals surface area contributed by atoms with Crippen molar-refractivity contribution >= 4 is 35.4 Å². The predicted octanol–water partition coefficient (Wildman–Crippen LogP) is 3.61. The molecule has 26 heavy (non-hydrogen) atoms. The van der Waals surface area contributed by atoms with Gasteiger partial charge in [0.1, 0.15) is 0 Å². The molecule has 0 aromatic heterocycles. The van der Waals surface area contributed by atoms with Gasteiger partial charge in [-0.3, -0.25) is 9.59 Å². The summed E-state index contributed by atoms with van der Waals surface area (Å²) in [6.07, 6.45) is 0. The largest absolute Gasteiger partial charge is 0.291 e. The van der Waals surface area contributed by atoms with Gasteiger partial charge >= 0.3 is 0 Å². The molecule has 0 N–H and O–H groups in total. The quantitative estimate of drug-likeness (QED) is 0.343. The molecule has 3 aromatic carbocycles. The maximum atomic E-state index is 9.79. The van der Waals surface area contributed by atoms with E-state index in [-0.39, 0.29) is 32.0 Å². The number of carbonyl (C=O) groups excluding carboxylic acids is 2. The molecule has 0 amide bonds. The van der Waals surface area contributed by atoms with Gasteiger partial charge < -0.3 is 0 Å². The van der Waals surface area contributed by atoms with Gasteiger partial charge in [0.25, 0.3) is 0 Å². The number of hydrogen-bond acceptors (Lipinski definition) is 2. The van der Waals surface area contributed by atoms with E-state index in [1.165, 1.54) is 29.8 Å². The second-order valence-electron chi connectivity index (χ2n) is 5.45. The first-order chi connectivity index (χ1) is 12.1. The van der Waals surface area contributed by atoms with Crippen LogP contribution in [0.1, 0.15) is 13.8 Å². The van der Waals surface area contributed by atoms with Crippen LogP contribution in [0.4, 0.5) is 0 Å². The van der Waals surface area contributed by atoms with Gasteiger partial charge in [0.15, 0.2) is 11.6 Å². The molecule has 2 nitrogen and oxygen atoms in total. The van der Waals surface area contributed by atoms with Crippen LogP contribution in [0.2, 0.25) is 0 Å². The first-order valence-corrected chi connectivity index (χ1v) is 9.40. The molecule has 0 saturated carbocycles. The summed E-state index contributed by atoms with van der Waals surface area (Å²) >= 11 is 0. The Bertz CT molecular complexity index is 699. The van der Waals surface area contributed by atoms with E-state index in [9.17, 15) is 9.59 Å². The topological polar surface area (TPSA) is 34.1 Å². The predicted molar refractivity (Wildman–Crippen MR) is 107 cm³/mol. The molecule has 0 spiro atoms. The number of ketones is 2. The van der Waals surface area contributed by atoms with Crippen molar-refractivity contribution in [3.05, 3.63) is 91.0 Å². The fourth-order valence-corrected chi connectivity index (χ4v) is 4.48. The zero-order valence-corrected chi connectivity index (χ0v) is 17.2. The maximum absolute atomic E-state index is 9.79. The van der Waals surface area contributed by atoms with Crippen molar-refractivity contribution in [3.63, 3.8) is 0 Å². The van der Waals surface area contributed by atoms with Crippen LogP contribution in [0, 0.1) is 0 Å². The Kier molecular flexibility index (Phi) is 9.92. The molecule has 136 valence electrons. The minimum Gasteiger partial charge on any atom is -0.291 e. The molecule has 3 aromatic rings. The van der Waals surface area contributed by atoms with Crippen molar-refractivity contribution < 1.29 is 30.0 Å². The van der Waals surface area contributed by atoms with Crippen molar-refractivity contribution in [1.82, 2.24) is 0 Å². The first kappa shape index (κ1) is 22.1. The average Bonchev–Trinajstić information content (AvgIpc) is 2.65. The van der Waals surface area contributed by atoms with Gasteiger partial charge in [0.2, 0.25) is 0 Å². The molecule has 0 radical (unpaired) electrons. The Morgan fingerprint density at radius 2 is 0.769 bits per heavy atom. The molecule has 0 atom stereocenters.